The number of benzene rings is 2. The monoisotopic (exact) mass is 576 g/mol. The summed E-state index contributed by atoms with van der Waals surface area (Å²) in [5.74, 6) is 0. The van der Waals surface area contributed by atoms with E-state index in [9.17, 15) is 0 Å². The van der Waals surface area contributed by atoms with Crippen molar-refractivity contribution in [3.05, 3.63) is 120 Å². The summed E-state index contributed by atoms with van der Waals surface area (Å²) < 4.78 is 0. The van der Waals surface area contributed by atoms with Crippen LogP contribution in [0.1, 0.15) is 24.0 Å². The molecule has 0 radical (unpaired) electrons. The van der Waals surface area contributed by atoms with E-state index in [1.165, 1.54) is 43.8 Å². The molecule has 0 unspecified atom stereocenters. The molecular weight excluding hydrogens is 551 g/mol. The fourth-order valence-electron chi connectivity index (χ4n) is 4.16. The van der Waals surface area contributed by atoms with Gasteiger partial charge < -0.3 is 24.8 Å². The Labute approximate surface area is 231 Å². The Bertz CT molecular complexity index is 1260. The summed E-state index contributed by atoms with van der Waals surface area (Å²) >= 11 is 1.74. The van der Waals surface area contributed by atoms with Gasteiger partial charge in [-0.15, -0.1) is 81.2 Å². The quantitative estimate of drug-likeness (QED) is 0.254. The second kappa shape index (κ2) is 14.0. The molecule has 0 aliphatic heterocycles. The first-order chi connectivity index (χ1) is 15.6. The molecule has 0 spiro atoms. The summed E-state index contributed by atoms with van der Waals surface area (Å²) in [6, 6.07) is 26.0. The molecule has 2 aliphatic carbocycles. The van der Waals surface area contributed by atoms with Gasteiger partial charge in [0.2, 0.25) is 0 Å². The van der Waals surface area contributed by atoms with Crippen molar-refractivity contribution >= 4 is 38.1 Å². The minimum absolute atomic E-state index is 0. The molecule has 0 saturated carbocycles. The molecule has 2 aliphatic rings. The van der Waals surface area contributed by atoms with E-state index in [2.05, 4.69) is 122 Å². The summed E-state index contributed by atoms with van der Waals surface area (Å²) in [6.45, 7) is 4.62. The first-order valence-electron chi connectivity index (χ1n) is 11.2. The van der Waals surface area contributed by atoms with E-state index < -0.39 is 0 Å². The van der Waals surface area contributed by atoms with Gasteiger partial charge in [0.05, 0.1) is 0 Å². The van der Waals surface area contributed by atoms with Crippen LogP contribution in [0.2, 0.25) is 13.1 Å². The van der Waals surface area contributed by atoms with Gasteiger partial charge in [0, 0.05) is 0 Å². The molecule has 6 rings (SSSR count). The Kier molecular flexibility index (Phi) is 11.8. The van der Waals surface area contributed by atoms with Gasteiger partial charge in [0.25, 0.3) is 0 Å². The summed E-state index contributed by atoms with van der Waals surface area (Å²) in [4.78, 5) is 0. The molecule has 4 heteroatoms. The van der Waals surface area contributed by atoms with Gasteiger partial charge in [-0.25, -0.2) is 0 Å². The van der Waals surface area contributed by atoms with E-state index in [1.807, 2.05) is 0 Å². The van der Waals surface area contributed by atoms with Crippen molar-refractivity contribution in [1.82, 2.24) is 0 Å². The third-order valence-corrected chi connectivity index (χ3v) is 5.60. The Morgan fingerprint density at radius 2 is 1.03 bits per heavy atom. The first-order valence-corrected chi connectivity index (χ1v) is 17.3. The smallest absolute Gasteiger partial charge is 1.00 e. The molecule has 0 amide bonds. The number of hydrogen-bond acceptors (Lipinski definition) is 0. The van der Waals surface area contributed by atoms with Crippen molar-refractivity contribution in [1.29, 1.82) is 0 Å². The predicted molar refractivity (Wildman–Crippen MR) is 140 cm³/mol. The van der Waals surface area contributed by atoms with E-state index in [0.717, 1.165) is 12.8 Å². The molecule has 172 valence electrons. The first kappa shape index (κ1) is 28.5. The summed E-state index contributed by atoms with van der Waals surface area (Å²) in [5.41, 5.74) is 5.87. The molecule has 4 aromatic carbocycles. The van der Waals surface area contributed by atoms with Gasteiger partial charge >= 0.3 is 41.9 Å². The maximum Gasteiger partial charge on any atom is -1.00 e. The predicted octanol–water partition coefficient (Wildman–Crippen LogP) is 2.60. The van der Waals surface area contributed by atoms with E-state index in [4.69, 9.17) is 0 Å². The topological polar surface area (TPSA) is 0 Å². The maximum absolute atomic E-state index is 2.31. The zero-order valence-corrected chi connectivity index (χ0v) is 24.5. The van der Waals surface area contributed by atoms with Crippen molar-refractivity contribution in [2.24, 2.45) is 0 Å². The van der Waals surface area contributed by atoms with Crippen LogP contribution in [0, 0.1) is 0 Å². The van der Waals surface area contributed by atoms with Crippen LogP contribution in [0.25, 0.3) is 32.7 Å². The molecular formula is C30H28Cl2SiZr-2. The van der Waals surface area contributed by atoms with Gasteiger partial charge in [-0.1, -0.05) is 71.8 Å². The molecule has 0 bridgehead atoms. The van der Waals surface area contributed by atoms with Gasteiger partial charge in [0.15, 0.2) is 0 Å². The van der Waals surface area contributed by atoms with Gasteiger partial charge in [0.1, 0.15) is 0 Å². The van der Waals surface area contributed by atoms with Crippen LogP contribution in [-0.4, -0.2) is 5.43 Å². The van der Waals surface area contributed by atoms with Crippen LogP contribution in [-0.2, 0) is 23.3 Å². The molecule has 34 heavy (non-hydrogen) atoms. The Morgan fingerprint density at radius 3 is 1.38 bits per heavy atom. The molecule has 0 aromatic heterocycles. The fraction of sp³-hybridized carbons (Fsp3) is 0.133. The van der Waals surface area contributed by atoms with E-state index in [0.29, 0.717) is 0 Å². The summed E-state index contributed by atoms with van der Waals surface area (Å²) in [5, 5.41) is 5.44. The number of rotatable bonds is 2. The van der Waals surface area contributed by atoms with Crippen LogP contribution in [0.3, 0.4) is 0 Å². The number of allylic oxidation sites excluding steroid dienone is 8. The largest absolute Gasteiger partial charge is 1.00 e. The third-order valence-electron chi connectivity index (χ3n) is 5.60. The number of hydrogen-bond donors (Lipinski definition) is 0. The van der Waals surface area contributed by atoms with Crippen LogP contribution in [0.15, 0.2) is 109 Å². The zero-order chi connectivity index (χ0) is 22.3. The molecule has 0 nitrogen and oxygen atoms in total. The SMILES string of the molecule is C1=CCC([c-]2ccc3ccccc32)=C1.C1=CCC([c-]2ccc3ccccc32)=C1.C[Si](C)=[Zr+2].[Cl-].[Cl-]. The second-order valence-electron chi connectivity index (χ2n) is 8.32. The summed E-state index contributed by atoms with van der Waals surface area (Å²) in [7, 11) is 0. The minimum Gasteiger partial charge on any atom is -1.00 e. The number of fused-ring (bicyclic) bond motifs is 2. The van der Waals surface area contributed by atoms with Crippen LogP contribution in [0.5, 0.6) is 0 Å². The van der Waals surface area contributed by atoms with Gasteiger partial charge in [-0.2, -0.15) is 0 Å². The molecule has 4 aromatic rings. The zero-order valence-electron chi connectivity index (χ0n) is 19.6. The Morgan fingerprint density at radius 1 is 0.647 bits per heavy atom. The van der Waals surface area contributed by atoms with Crippen molar-refractivity contribution in [2.75, 3.05) is 0 Å². The average molecular weight is 579 g/mol. The second-order valence-corrected chi connectivity index (χ2v) is 17.7. The van der Waals surface area contributed by atoms with E-state index in [-0.39, 0.29) is 30.2 Å². The van der Waals surface area contributed by atoms with Crippen molar-refractivity contribution < 1.29 is 48.1 Å². The molecule has 0 saturated heterocycles. The molecule has 0 atom stereocenters. The maximum atomic E-state index is 2.31. The Balaban J connectivity index is 0.000000198. The normalized spacial score (nSPS) is 13.2. The minimum atomic E-state index is 0. The molecule has 0 heterocycles. The molecule has 0 N–H and O–H groups in total. The van der Waals surface area contributed by atoms with Crippen molar-refractivity contribution in [2.45, 2.75) is 25.9 Å². The van der Waals surface area contributed by atoms with Crippen molar-refractivity contribution in [3.8, 4) is 0 Å². The third kappa shape index (κ3) is 7.15. The summed E-state index contributed by atoms with van der Waals surface area (Å²) in [6.07, 6.45) is 15.3. The van der Waals surface area contributed by atoms with E-state index >= 15 is 0 Å². The van der Waals surface area contributed by atoms with Crippen molar-refractivity contribution in [3.63, 3.8) is 0 Å². The fourth-order valence-corrected chi connectivity index (χ4v) is 4.16. The average Bonchev–Trinajstić information content (AvgIpc) is 3.60. The van der Waals surface area contributed by atoms with Crippen LogP contribution < -0.4 is 24.8 Å². The Hall–Kier alpha value is -1.70. The van der Waals surface area contributed by atoms with Crippen LogP contribution >= 0.6 is 0 Å². The molecule has 0 fully saturated rings. The van der Waals surface area contributed by atoms with Gasteiger partial charge in [-0.3, -0.25) is 0 Å². The number of halogens is 2. The van der Waals surface area contributed by atoms with E-state index in [1.54, 1.807) is 23.3 Å². The van der Waals surface area contributed by atoms with Crippen LogP contribution in [0.4, 0.5) is 0 Å². The van der Waals surface area contributed by atoms with Gasteiger partial charge in [-0.05, 0) is 12.8 Å². The standard InChI is InChI=1S/2C14H11.C2H6Si.2ClH.Zr/c2*1-2-6-11(5-1)14-10-9-12-7-3-4-8-13(12)14;1-3-2;;;/h2*1-5,7-10H,6H2;1-2H3;2*1H;/q2*-1;;;;+2/p-2.